The van der Waals surface area contributed by atoms with Crippen LogP contribution in [0.3, 0.4) is 0 Å². The molecule has 0 radical (unpaired) electrons. The molecule has 1 saturated heterocycles. The van der Waals surface area contributed by atoms with E-state index in [-0.39, 0.29) is 24.0 Å². The number of nitrogens with zero attached hydrogens (tertiary/aromatic N) is 3. The number of aryl methyl sites for hydroxylation is 1. The fraction of sp³-hybridized carbons (Fsp3) is 0.632. The first-order chi connectivity index (χ1) is 11.2. The number of benzene rings is 1. The molecular weight excluding hydrogens is 411 g/mol. The van der Waals surface area contributed by atoms with Crippen LogP contribution >= 0.6 is 24.0 Å². The van der Waals surface area contributed by atoms with Crippen LogP contribution in [0.4, 0.5) is 0 Å². The van der Waals surface area contributed by atoms with Crippen LogP contribution in [0.5, 0.6) is 0 Å². The third kappa shape index (κ3) is 7.38. The summed E-state index contributed by atoms with van der Waals surface area (Å²) < 4.78 is 0. The zero-order chi connectivity index (χ0) is 16.5. The smallest absolute Gasteiger partial charge is 0.193 e. The normalized spacial score (nSPS) is 15.2. The summed E-state index contributed by atoms with van der Waals surface area (Å²) >= 11 is 0. The van der Waals surface area contributed by atoms with Crippen molar-refractivity contribution in [2.75, 3.05) is 40.3 Å². The lowest BCUT2D eigenvalue weighted by Crippen LogP contribution is -2.39. The Hall–Kier alpha value is -0.820. The van der Waals surface area contributed by atoms with Gasteiger partial charge in [-0.3, -0.25) is 4.99 Å². The number of unbranched alkanes of at least 4 members (excludes halogenated alkanes) is 1. The van der Waals surface area contributed by atoms with E-state index in [2.05, 4.69) is 58.3 Å². The van der Waals surface area contributed by atoms with Crippen LogP contribution in [-0.4, -0.2) is 56.0 Å². The summed E-state index contributed by atoms with van der Waals surface area (Å²) in [5, 5.41) is 3.48. The maximum absolute atomic E-state index is 4.40. The first kappa shape index (κ1) is 21.2. The molecule has 1 aromatic carbocycles. The first-order valence-corrected chi connectivity index (χ1v) is 8.89. The molecule has 136 valence electrons. The van der Waals surface area contributed by atoms with E-state index in [1.807, 2.05) is 7.05 Å². The molecule has 1 aromatic rings. The minimum absolute atomic E-state index is 0. The molecular formula is C19H33IN4. The average molecular weight is 444 g/mol. The van der Waals surface area contributed by atoms with Crippen LogP contribution in [0.15, 0.2) is 29.3 Å². The van der Waals surface area contributed by atoms with Gasteiger partial charge < -0.3 is 15.1 Å². The van der Waals surface area contributed by atoms with Gasteiger partial charge in [0.2, 0.25) is 0 Å². The zero-order valence-electron chi connectivity index (χ0n) is 15.4. The molecule has 0 aliphatic carbocycles. The monoisotopic (exact) mass is 444 g/mol. The number of guanidine groups is 1. The van der Waals surface area contributed by atoms with Gasteiger partial charge in [-0.2, -0.15) is 0 Å². The van der Waals surface area contributed by atoms with Crippen molar-refractivity contribution in [3.05, 3.63) is 35.4 Å². The Labute approximate surface area is 164 Å². The molecule has 1 N–H and O–H groups in total. The number of hydrogen-bond acceptors (Lipinski definition) is 2. The van der Waals surface area contributed by atoms with E-state index in [0.29, 0.717) is 0 Å². The van der Waals surface area contributed by atoms with Gasteiger partial charge in [0.05, 0.1) is 0 Å². The van der Waals surface area contributed by atoms with Gasteiger partial charge in [0.15, 0.2) is 5.96 Å². The molecule has 1 fully saturated rings. The second-order valence-corrected chi connectivity index (χ2v) is 6.57. The van der Waals surface area contributed by atoms with E-state index in [0.717, 1.165) is 19.0 Å². The Morgan fingerprint density at radius 1 is 1.17 bits per heavy atom. The van der Waals surface area contributed by atoms with Crippen LogP contribution < -0.4 is 5.32 Å². The van der Waals surface area contributed by atoms with Gasteiger partial charge in [-0.25, -0.2) is 0 Å². The quantitative estimate of drug-likeness (QED) is 0.302. The molecule has 0 amide bonds. The van der Waals surface area contributed by atoms with E-state index in [9.17, 15) is 0 Å². The van der Waals surface area contributed by atoms with Crippen LogP contribution in [-0.2, 0) is 6.54 Å². The van der Waals surface area contributed by atoms with Crippen LogP contribution in [0, 0.1) is 6.92 Å². The van der Waals surface area contributed by atoms with Crippen molar-refractivity contribution < 1.29 is 0 Å². The third-order valence-corrected chi connectivity index (χ3v) is 4.50. The van der Waals surface area contributed by atoms with Gasteiger partial charge >= 0.3 is 0 Å². The van der Waals surface area contributed by atoms with Gasteiger partial charge in [0.25, 0.3) is 0 Å². The Kier molecular flexibility index (Phi) is 10.3. The van der Waals surface area contributed by atoms with Gasteiger partial charge in [0, 0.05) is 27.2 Å². The standard InChI is InChI=1S/C19H32N4.HI/c1-17-8-10-18(11-9-17)16-22(3)19(20-2)21-12-4-5-13-23-14-6-7-15-23;/h8-11H,4-7,12-16H2,1-3H3,(H,20,21);1H. The van der Waals surface area contributed by atoms with E-state index < -0.39 is 0 Å². The Morgan fingerprint density at radius 2 is 1.83 bits per heavy atom. The summed E-state index contributed by atoms with van der Waals surface area (Å²) in [7, 11) is 3.96. The van der Waals surface area contributed by atoms with E-state index >= 15 is 0 Å². The second-order valence-electron chi connectivity index (χ2n) is 6.57. The molecule has 5 heteroatoms. The molecule has 0 saturated carbocycles. The Bertz CT molecular complexity index is 481. The fourth-order valence-corrected chi connectivity index (χ4v) is 3.09. The number of nitrogens with one attached hydrogen (secondary N) is 1. The van der Waals surface area contributed by atoms with Crippen molar-refractivity contribution in [2.45, 2.75) is 39.2 Å². The molecule has 1 aliphatic heterocycles. The zero-order valence-corrected chi connectivity index (χ0v) is 17.8. The summed E-state index contributed by atoms with van der Waals surface area (Å²) in [6, 6.07) is 8.71. The van der Waals surface area contributed by atoms with Gasteiger partial charge in [-0.15, -0.1) is 24.0 Å². The average Bonchev–Trinajstić information content (AvgIpc) is 3.06. The highest BCUT2D eigenvalue weighted by molar-refractivity contribution is 14.0. The summed E-state index contributed by atoms with van der Waals surface area (Å²) in [5.74, 6) is 0.978. The summed E-state index contributed by atoms with van der Waals surface area (Å²) in [5.41, 5.74) is 2.62. The van der Waals surface area contributed by atoms with Crippen molar-refractivity contribution in [1.29, 1.82) is 0 Å². The molecule has 0 atom stereocenters. The first-order valence-electron chi connectivity index (χ1n) is 8.89. The molecule has 0 unspecified atom stereocenters. The van der Waals surface area contributed by atoms with E-state index in [1.54, 1.807) is 0 Å². The number of aliphatic imine (C=N–C) groups is 1. The van der Waals surface area contributed by atoms with Crippen molar-refractivity contribution in [2.24, 2.45) is 4.99 Å². The number of halogens is 1. The fourth-order valence-electron chi connectivity index (χ4n) is 3.09. The maximum Gasteiger partial charge on any atom is 0.193 e. The van der Waals surface area contributed by atoms with Crippen LogP contribution in [0.2, 0.25) is 0 Å². The molecule has 0 bridgehead atoms. The lowest BCUT2D eigenvalue weighted by Gasteiger charge is -2.22. The molecule has 1 aliphatic rings. The lowest BCUT2D eigenvalue weighted by atomic mass is 10.1. The molecule has 4 nitrogen and oxygen atoms in total. The van der Waals surface area contributed by atoms with Gasteiger partial charge in [-0.1, -0.05) is 29.8 Å². The largest absolute Gasteiger partial charge is 0.356 e. The minimum atomic E-state index is 0. The van der Waals surface area contributed by atoms with Gasteiger partial charge in [-0.05, 0) is 57.8 Å². The third-order valence-electron chi connectivity index (χ3n) is 4.50. The van der Waals surface area contributed by atoms with Crippen LogP contribution in [0.25, 0.3) is 0 Å². The van der Waals surface area contributed by atoms with E-state index in [1.165, 1.54) is 56.4 Å². The molecule has 0 spiro atoms. The number of likely N-dealkylation sites (tertiary alicyclic amines) is 1. The number of hydrogen-bond donors (Lipinski definition) is 1. The SMILES string of the molecule is CN=C(NCCCCN1CCCC1)N(C)Cc1ccc(C)cc1.I. The van der Waals surface area contributed by atoms with Crippen molar-refractivity contribution >= 4 is 29.9 Å². The van der Waals surface area contributed by atoms with Crippen molar-refractivity contribution in [3.63, 3.8) is 0 Å². The Morgan fingerprint density at radius 3 is 2.46 bits per heavy atom. The predicted molar refractivity (Wildman–Crippen MR) is 114 cm³/mol. The van der Waals surface area contributed by atoms with E-state index in [4.69, 9.17) is 0 Å². The van der Waals surface area contributed by atoms with Gasteiger partial charge in [0.1, 0.15) is 0 Å². The van der Waals surface area contributed by atoms with Crippen molar-refractivity contribution in [3.8, 4) is 0 Å². The number of rotatable bonds is 7. The summed E-state index contributed by atoms with van der Waals surface area (Å²) in [6.45, 7) is 7.85. The lowest BCUT2D eigenvalue weighted by molar-refractivity contribution is 0.330. The maximum atomic E-state index is 4.40. The van der Waals surface area contributed by atoms with Crippen LogP contribution in [0.1, 0.15) is 36.8 Å². The highest BCUT2D eigenvalue weighted by Gasteiger charge is 2.10. The summed E-state index contributed by atoms with van der Waals surface area (Å²) in [6.07, 6.45) is 5.24. The molecule has 24 heavy (non-hydrogen) atoms. The Balaban J connectivity index is 0.00000288. The highest BCUT2D eigenvalue weighted by atomic mass is 127. The molecule has 2 rings (SSSR count). The topological polar surface area (TPSA) is 30.9 Å². The molecule has 1 heterocycles. The highest BCUT2D eigenvalue weighted by Crippen LogP contribution is 2.08. The predicted octanol–water partition coefficient (Wildman–Crippen LogP) is 3.50. The minimum Gasteiger partial charge on any atom is -0.356 e. The second kappa shape index (κ2) is 11.7. The summed E-state index contributed by atoms with van der Waals surface area (Å²) in [4.78, 5) is 9.17. The van der Waals surface area contributed by atoms with Crippen molar-refractivity contribution in [1.82, 2.24) is 15.1 Å². The molecule has 0 aromatic heterocycles.